The van der Waals surface area contributed by atoms with Gasteiger partial charge < -0.3 is 14.5 Å². The predicted molar refractivity (Wildman–Crippen MR) is 105 cm³/mol. The monoisotopic (exact) mass is 386 g/mol. The summed E-state index contributed by atoms with van der Waals surface area (Å²) in [5, 5.41) is 0.572. The standard InChI is InChI=1S/C21H23ClN2O3/c22-18-9-4-5-10-19(18)27-16-6-11-20(25)23-12-14-24(15-13-23)21(26)17-7-2-1-3-8-17/h1-5,7-10H,6,11-16H2. The fraction of sp³-hybridized carbons (Fsp3) is 0.333. The molecule has 2 aromatic rings. The minimum atomic E-state index is 0.0239. The second-order valence-electron chi connectivity index (χ2n) is 6.42. The number of halogens is 1. The van der Waals surface area contributed by atoms with Crippen molar-refractivity contribution in [1.29, 1.82) is 0 Å². The van der Waals surface area contributed by atoms with Crippen LogP contribution in [0.15, 0.2) is 54.6 Å². The van der Waals surface area contributed by atoms with Gasteiger partial charge in [-0.15, -0.1) is 0 Å². The molecule has 0 N–H and O–H groups in total. The summed E-state index contributed by atoms with van der Waals surface area (Å²) in [6, 6.07) is 16.5. The Hall–Kier alpha value is -2.53. The molecular weight excluding hydrogens is 364 g/mol. The van der Waals surface area contributed by atoms with Crippen LogP contribution in [-0.2, 0) is 4.79 Å². The summed E-state index contributed by atoms with van der Waals surface area (Å²) in [7, 11) is 0. The highest BCUT2D eigenvalue weighted by Crippen LogP contribution is 2.23. The second-order valence-corrected chi connectivity index (χ2v) is 6.83. The number of ether oxygens (including phenoxy) is 1. The largest absolute Gasteiger partial charge is 0.492 e. The summed E-state index contributed by atoms with van der Waals surface area (Å²) < 4.78 is 5.62. The van der Waals surface area contributed by atoms with E-state index in [2.05, 4.69) is 0 Å². The molecule has 142 valence electrons. The van der Waals surface area contributed by atoms with Crippen LogP contribution in [0.5, 0.6) is 5.75 Å². The Morgan fingerprint density at radius 2 is 1.52 bits per heavy atom. The first kappa shape index (κ1) is 19.2. The maximum Gasteiger partial charge on any atom is 0.253 e. The number of para-hydroxylation sites is 1. The first-order chi connectivity index (χ1) is 13.1. The van der Waals surface area contributed by atoms with Crippen LogP contribution in [0.4, 0.5) is 0 Å². The minimum Gasteiger partial charge on any atom is -0.492 e. The predicted octanol–water partition coefficient (Wildman–Crippen LogP) is 3.48. The van der Waals surface area contributed by atoms with Crippen LogP contribution in [0.3, 0.4) is 0 Å². The Balaban J connectivity index is 1.38. The zero-order chi connectivity index (χ0) is 19.1. The lowest BCUT2D eigenvalue weighted by Gasteiger charge is -2.35. The number of rotatable bonds is 6. The molecule has 0 radical (unpaired) electrons. The van der Waals surface area contributed by atoms with E-state index in [1.807, 2.05) is 53.4 Å². The van der Waals surface area contributed by atoms with E-state index in [0.717, 1.165) is 0 Å². The van der Waals surface area contributed by atoms with Crippen molar-refractivity contribution in [3.05, 3.63) is 65.2 Å². The molecule has 2 amide bonds. The highest BCUT2D eigenvalue weighted by Gasteiger charge is 2.24. The summed E-state index contributed by atoms with van der Waals surface area (Å²) in [6.45, 7) is 2.72. The summed E-state index contributed by atoms with van der Waals surface area (Å²) in [5.74, 6) is 0.764. The van der Waals surface area contributed by atoms with Gasteiger partial charge in [0.15, 0.2) is 0 Å². The van der Waals surface area contributed by atoms with E-state index in [4.69, 9.17) is 16.3 Å². The number of amides is 2. The van der Waals surface area contributed by atoms with Crippen molar-refractivity contribution >= 4 is 23.4 Å². The van der Waals surface area contributed by atoms with Gasteiger partial charge in [-0.05, 0) is 30.7 Å². The van der Waals surface area contributed by atoms with Crippen LogP contribution in [0.2, 0.25) is 5.02 Å². The molecule has 2 aromatic carbocycles. The molecule has 0 bridgehead atoms. The molecule has 1 saturated heterocycles. The highest BCUT2D eigenvalue weighted by atomic mass is 35.5. The molecule has 0 spiro atoms. The average molecular weight is 387 g/mol. The molecule has 0 atom stereocenters. The zero-order valence-electron chi connectivity index (χ0n) is 15.1. The molecule has 1 aliphatic rings. The minimum absolute atomic E-state index is 0.0239. The Morgan fingerprint density at radius 3 is 2.22 bits per heavy atom. The maximum absolute atomic E-state index is 12.4. The molecule has 1 heterocycles. The third kappa shape index (κ3) is 5.23. The zero-order valence-corrected chi connectivity index (χ0v) is 15.9. The quantitative estimate of drug-likeness (QED) is 0.714. The van der Waals surface area contributed by atoms with Gasteiger partial charge in [0.2, 0.25) is 5.91 Å². The molecule has 1 fully saturated rings. The van der Waals surface area contributed by atoms with Gasteiger partial charge in [-0.25, -0.2) is 0 Å². The van der Waals surface area contributed by atoms with Gasteiger partial charge in [-0.2, -0.15) is 0 Å². The number of nitrogens with zero attached hydrogens (tertiary/aromatic N) is 2. The lowest BCUT2D eigenvalue weighted by Crippen LogP contribution is -2.50. The summed E-state index contributed by atoms with van der Waals surface area (Å²) in [4.78, 5) is 28.4. The fourth-order valence-electron chi connectivity index (χ4n) is 3.05. The molecule has 0 saturated carbocycles. The van der Waals surface area contributed by atoms with Crippen LogP contribution in [0.25, 0.3) is 0 Å². The number of benzene rings is 2. The van der Waals surface area contributed by atoms with Crippen molar-refractivity contribution in [2.45, 2.75) is 12.8 Å². The van der Waals surface area contributed by atoms with Gasteiger partial charge in [-0.1, -0.05) is 41.9 Å². The number of carbonyl (C=O) groups excluding carboxylic acids is 2. The van der Waals surface area contributed by atoms with Crippen LogP contribution in [0, 0.1) is 0 Å². The number of piperazine rings is 1. The Bertz CT molecular complexity index is 774. The van der Waals surface area contributed by atoms with Crippen molar-refractivity contribution in [2.75, 3.05) is 32.8 Å². The van der Waals surface area contributed by atoms with E-state index in [1.165, 1.54) is 0 Å². The Labute approximate surface area is 164 Å². The van der Waals surface area contributed by atoms with Gasteiger partial charge in [0.1, 0.15) is 5.75 Å². The average Bonchev–Trinajstić information content (AvgIpc) is 2.72. The smallest absolute Gasteiger partial charge is 0.253 e. The normalized spacial score (nSPS) is 14.1. The molecule has 6 heteroatoms. The van der Waals surface area contributed by atoms with E-state index < -0.39 is 0 Å². The SMILES string of the molecule is O=C(CCCOc1ccccc1Cl)N1CCN(C(=O)c2ccccc2)CC1. The molecular formula is C21H23ClN2O3. The van der Waals surface area contributed by atoms with Crippen molar-refractivity contribution in [3.8, 4) is 5.75 Å². The van der Waals surface area contributed by atoms with Crippen LogP contribution < -0.4 is 4.74 Å². The van der Waals surface area contributed by atoms with E-state index in [0.29, 0.717) is 62.0 Å². The van der Waals surface area contributed by atoms with Crippen LogP contribution >= 0.6 is 11.6 Å². The molecule has 1 aliphatic heterocycles. The van der Waals surface area contributed by atoms with E-state index in [9.17, 15) is 9.59 Å². The number of hydrogen-bond donors (Lipinski definition) is 0. The molecule has 0 aromatic heterocycles. The summed E-state index contributed by atoms with van der Waals surface area (Å²) in [6.07, 6.45) is 1.06. The van der Waals surface area contributed by atoms with Crippen molar-refractivity contribution in [2.24, 2.45) is 0 Å². The van der Waals surface area contributed by atoms with Gasteiger partial charge in [0, 0.05) is 38.2 Å². The summed E-state index contributed by atoms with van der Waals surface area (Å²) in [5.41, 5.74) is 0.689. The van der Waals surface area contributed by atoms with Crippen LogP contribution in [0.1, 0.15) is 23.2 Å². The van der Waals surface area contributed by atoms with Gasteiger partial charge in [-0.3, -0.25) is 9.59 Å². The first-order valence-electron chi connectivity index (χ1n) is 9.14. The maximum atomic E-state index is 12.4. The highest BCUT2D eigenvalue weighted by molar-refractivity contribution is 6.32. The van der Waals surface area contributed by atoms with Gasteiger partial charge >= 0.3 is 0 Å². The molecule has 5 nitrogen and oxygen atoms in total. The lowest BCUT2D eigenvalue weighted by atomic mass is 10.1. The fourth-order valence-corrected chi connectivity index (χ4v) is 3.24. The number of hydrogen-bond acceptors (Lipinski definition) is 3. The first-order valence-corrected chi connectivity index (χ1v) is 9.52. The molecule has 0 unspecified atom stereocenters. The van der Waals surface area contributed by atoms with Crippen molar-refractivity contribution in [3.63, 3.8) is 0 Å². The van der Waals surface area contributed by atoms with Gasteiger partial charge in [0.25, 0.3) is 5.91 Å². The lowest BCUT2D eigenvalue weighted by molar-refractivity contribution is -0.132. The third-order valence-corrected chi connectivity index (χ3v) is 4.88. The Morgan fingerprint density at radius 1 is 0.889 bits per heavy atom. The molecule has 3 rings (SSSR count). The van der Waals surface area contributed by atoms with E-state index >= 15 is 0 Å². The summed E-state index contributed by atoms with van der Waals surface area (Å²) >= 11 is 6.04. The van der Waals surface area contributed by atoms with Gasteiger partial charge in [0.05, 0.1) is 11.6 Å². The van der Waals surface area contributed by atoms with Crippen molar-refractivity contribution < 1.29 is 14.3 Å². The molecule has 27 heavy (non-hydrogen) atoms. The van der Waals surface area contributed by atoms with E-state index in [-0.39, 0.29) is 11.8 Å². The second kappa shape index (κ2) is 9.42. The van der Waals surface area contributed by atoms with Crippen LogP contribution in [-0.4, -0.2) is 54.4 Å². The third-order valence-electron chi connectivity index (χ3n) is 4.57. The number of carbonyl (C=O) groups is 2. The van der Waals surface area contributed by atoms with Crippen molar-refractivity contribution in [1.82, 2.24) is 9.80 Å². The topological polar surface area (TPSA) is 49.9 Å². The molecule has 0 aliphatic carbocycles. The van der Waals surface area contributed by atoms with E-state index in [1.54, 1.807) is 11.0 Å². The Kier molecular flexibility index (Phi) is 6.71.